The number of hydrogen-bond acceptors (Lipinski definition) is 4. The van der Waals surface area contributed by atoms with Gasteiger partial charge in [-0.05, 0) is 49.2 Å². The van der Waals surface area contributed by atoms with Crippen LogP contribution in [-0.4, -0.2) is 53.4 Å². The number of benzene rings is 2. The largest absolute Gasteiger partial charge is 0.341 e. The fraction of sp³-hybridized carbons (Fsp3) is 0.304. The molecule has 0 atom stereocenters. The van der Waals surface area contributed by atoms with E-state index in [0.29, 0.717) is 37.5 Å². The Kier molecular flexibility index (Phi) is 6.64. The lowest BCUT2D eigenvalue weighted by atomic mass is 9.96. The maximum atomic E-state index is 13.0. The van der Waals surface area contributed by atoms with Crippen LogP contribution in [0.5, 0.6) is 0 Å². The minimum atomic E-state index is -3.58. The van der Waals surface area contributed by atoms with E-state index in [9.17, 15) is 13.2 Å². The fourth-order valence-corrected chi connectivity index (χ4v) is 5.52. The van der Waals surface area contributed by atoms with Gasteiger partial charge >= 0.3 is 0 Å². The standard InChI is InChI=1S/C23H25ClN4O3S/c1-26(16-18-15-25-28(17-18)21-5-3-2-4-6-21)23(29)19-11-13-27(14-12-19)32(30,31)22-9-7-20(24)8-10-22/h2-10,15,17,19H,11-14,16H2,1H3. The van der Waals surface area contributed by atoms with Gasteiger partial charge in [-0.25, -0.2) is 13.1 Å². The second-order valence-corrected chi connectivity index (χ2v) is 10.3. The molecule has 0 unspecified atom stereocenters. The molecule has 1 aromatic heterocycles. The predicted octanol–water partition coefficient (Wildman–Crippen LogP) is 3.59. The summed E-state index contributed by atoms with van der Waals surface area (Å²) in [5.41, 5.74) is 1.90. The molecule has 0 N–H and O–H groups in total. The highest BCUT2D eigenvalue weighted by molar-refractivity contribution is 7.89. The quantitative estimate of drug-likeness (QED) is 0.549. The van der Waals surface area contributed by atoms with E-state index in [1.54, 1.807) is 35.0 Å². The highest BCUT2D eigenvalue weighted by Crippen LogP contribution is 2.26. The number of aromatic nitrogens is 2. The molecule has 1 aliphatic heterocycles. The number of carbonyl (C=O) groups is 1. The minimum Gasteiger partial charge on any atom is -0.341 e. The number of amides is 1. The summed E-state index contributed by atoms with van der Waals surface area (Å²) in [5, 5.41) is 4.87. The van der Waals surface area contributed by atoms with Gasteiger partial charge in [-0.15, -0.1) is 0 Å². The maximum absolute atomic E-state index is 13.0. The highest BCUT2D eigenvalue weighted by Gasteiger charge is 2.33. The summed E-state index contributed by atoms with van der Waals surface area (Å²) in [5.74, 6) is -0.165. The molecule has 4 rings (SSSR count). The zero-order valence-electron chi connectivity index (χ0n) is 17.8. The summed E-state index contributed by atoms with van der Waals surface area (Å²) in [6.45, 7) is 1.09. The molecule has 0 spiro atoms. The summed E-state index contributed by atoms with van der Waals surface area (Å²) < 4.78 is 28.9. The molecule has 1 saturated heterocycles. The Bertz CT molecular complexity index is 1170. The number of halogens is 1. The molecule has 0 saturated carbocycles. The van der Waals surface area contributed by atoms with Crippen LogP contribution in [0.1, 0.15) is 18.4 Å². The summed E-state index contributed by atoms with van der Waals surface area (Å²) in [6.07, 6.45) is 4.68. The van der Waals surface area contributed by atoms with Gasteiger partial charge in [-0.2, -0.15) is 9.40 Å². The van der Waals surface area contributed by atoms with E-state index in [-0.39, 0.29) is 16.7 Å². The normalized spacial score (nSPS) is 15.6. The Morgan fingerprint density at radius 3 is 2.41 bits per heavy atom. The molecular weight excluding hydrogens is 448 g/mol. The van der Waals surface area contributed by atoms with E-state index in [4.69, 9.17) is 11.6 Å². The lowest BCUT2D eigenvalue weighted by molar-refractivity contribution is -0.135. The van der Waals surface area contributed by atoms with Crippen molar-refractivity contribution in [3.8, 4) is 5.69 Å². The van der Waals surface area contributed by atoms with Crippen molar-refractivity contribution in [1.82, 2.24) is 19.0 Å². The third kappa shape index (κ3) is 4.87. The molecule has 0 radical (unpaired) electrons. The molecule has 9 heteroatoms. The first kappa shape index (κ1) is 22.5. The Balaban J connectivity index is 1.34. The van der Waals surface area contributed by atoms with Gasteiger partial charge in [-0.1, -0.05) is 29.8 Å². The van der Waals surface area contributed by atoms with E-state index in [2.05, 4.69) is 5.10 Å². The van der Waals surface area contributed by atoms with Crippen molar-refractivity contribution in [1.29, 1.82) is 0 Å². The first-order valence-corrected chi connectivity index (χ1v) is 12.3. The van der Waals surface area contributed by atoms with E-state index >= 15 is 0 Å². The van der Waals surface area contributed by atoms with Crippen LogP contribution in [0.3, 0.4) is 0 Å². The molecule has 7 nitrogen and oxygen atoms in total. The van der Waals surface area contributed by atoms with Gasteiger partial charge in [0.2, 0.25) is 15.9 Å². The molecule has 32 heavy (non-hydrogen) atoms. The fourth-order valence-electron chi connectivity index (χ4n) is 3.93. The summed E-state index contributed by atoms with van der Waals surface area (Å²) in [7, 11) is -1.80. The lowest BCUT2D eigenvalue weighted by Crippen LogP contribution is -2.43. The topological polar surface area (TPSA) is 75.5 Å². The van der Waals surface area contributed by atoms with Gasteiger partial charge in [0.05, 0.1) is 16.8 Å². The van der Waals surface area contributed by atoms with Gasteiger partial charge in [0.1, 0.15) is 0 Å². The molecule has 0 aliphatic carbocycles. The zero-order valence-corrected chi connectivity index (χ0v) is 19.3. The first-order valence-electron chi connectivity index (χ1n) is 10.4. The monoisotopic (exact) mass is 472 g/mol. The number of carbonyl (C=O) groups excluding carboxylic acids is 1. The van der Waals surface area contributed by atoms with Crippen LogP contribution in [0.2, 0.25) is 5.02 Å². The molecule has 1 fully saturated rings. The van der Waals surface area contributed by atoms with E-state index in [1.807, 2.05) is 36.5 Å². The van der Waals surface area contributed by atoms with Crippen molar-refractivity contribution in [2.45, 2.75) is 24.3 Å². The number of piperidine rings is 1. The van der Waals surface area contributed by atoms with Crippen molar-refractivity contribution < 1.29 is 13.2 Å². The van der Waals surface area contributed by atoms with Crippen LogP contribution in [0.15, 0.2) is 71.9 Å². The van der Waals surface area contributed by atoms with Crippen LogP contribution < -0.4 is 0 Å². The van der Waals surface area contributed by atoms with E-state index in [0.717, 1.165) is 11.3 Å². The van der Waals surface area contributed by atoms with Crippen molar-refractivity contribution in [3.63, 3.8) is 0 Å². The van der Waals surface area contributed by atoms with Gasteiger partial charge in [0, 0.05) is 49.4 Å². The highest BCUT2D eigenvalue weighted by atomic mass is 35.5. The molecule has 168 valence electrons. The lowest BCUT2D eigenvalue weighted by Gasteiger charge is -2.32. The molecule has 3 aromatic rings. The van der Waals surface area contributed by atoms with Crippen molar-refractivity contribution in [2.24, 2.45) is 5.92 Å². The molecule has 1 aliphatic rings. The minimum absolute atomic E-state index is 0.0287. The third-order valence-electron chi connectivity index (χ3n) is 5.71. The smallest absolute Gasteiger partial charge is 0.243 e. The SMILES string of the molecule is CN(Cc1cnn(-c2ccccc2)c1)C(=O)C1CCN(S(=O)(=O)c2ccc(Cl)cc2)CC1. The van der Waals surface area contributed by atoms with Crippen molar-refractivity contribution in [2.75, 3.05) is 20.1 Å². The zero-order chi connectivity index (χ0) is 22.7. The third-order valence-corrected chi connectivity index (χ3v) is 7.87. The summed E-state index contributed by atoms with van der Waals surface area (Å²) in [4.78, 5) is 14.9. The Morgan fingerprint density at radius 2 is 1.75 bits per heavy atom. The summed E-state index contributed by atoms with van der Waals surface area (Å²) >= 11 is 5.87. The molecule has 2 heterocycles. The van der Waals surface area contributed by atoms with Gasteiger partial charge < -0.3 is 4.90 Å². The Morgan fingerprint density at radius 1 is 1.09 bits per heavy atom. The summed E-state index contributed by atoms with van der Waals surface area (Å²) in [6, 6.07) is 16.0. The van der Waals surface area contributed by atoms with Gasteiger partial charge in [0.15, 0.2) is 0 Å². The second-order valence-electron chi connectivity index (χ2n) is 7.96. The number of rotatable bonds is 6. The average Bonchev–Trinajstić information content (AvgIpc) is 3.28. The van der Waals surface area contributed by atoms with Crippen LogP contribution in [0.25, 0.3) is 5.69 Å². The number of sulfonamides is 1. The van der Waals surface area contributed by atoms with Crippen LogP contribution in [-0.2, 0) is 21.4 Å². The molecular formula is C23H25ClN4O3S. The van der Waals surface area contributed by atoms with Crippen LogP contribution >= 0.6 is 11.6 Å². The number of para-hydroxylation sites is 1. The Labute approximate surface area is 193 Å². The van der Waals surface area contributed by atoms with Crippen molar-refractivity contribution in [3.05, 3.63) is 77.6 Å². The number of nitrogens with zero attached hydrogens (tertiary/aromatic N) is 4. The van der Waals surface area contributed by atoms with Gasteiger partial charge in [-0.3, -0.25) is 4.79 Å². The second kappa shape index (κ2) is 9.44. The van der Waals surface area contributed by atoms with Gasteiger partial charge in [0.25, 0.3) is 0 Å². The molecule has 1 amide bonds. The van der Waals surface area contributed by atoms with E-state index < -0.39 is 10.0 Å². The van der Waals surface area contributed by atoms with Crippen LogP contribution in [0.4, 0.5) is 0 Å². The molecule has 2 aromatic carbocycles. The first-order chi connectivity index (χ1) is 15.3. The maximum Gasteiger partial charge on any atom is 0.243 e. The number of hydrogen-bond donors (Lipinski definition) is 0. The average molecular weight is 473 g/mol. The van der Waals surface area contributed by atoms with Crippen molar-refractivity contribution >= 4 is 27.5 Å². The van der Waals surface area contributed by atoms with E-state index in [1.165, 1.54) is 16.4 Å². The van der Waals surface area contributed by atoms with Crippen LogP contribution in [0, 0.1) is 5.92 Å². The predicted molar refractivity (Wildman–Crippen MR) is 123 cm³/mol. The Hall–Kier alpha value is -2.68. The molecule has 0 bridgehead atoms.